The molecule has 0 unspecified atom stereocenters. The summed E-state index contributed by atoms with van der Waals surface area (Å²) in [6, 6.07) is 0.383. The van der Waals surface area contributed by atoms with Gasteiger partial charge in [-0.3, -0.25) is 14.6 Å². The van der Waals surface area contributed by atoms with Crippen molar-refractivity contribution in [3.8, 4) is 0 Å². The van der Waals surface area contributed by atoms with Crippen molar-refractivity contribution in [1.82, 2.24) is 10.2 Å². The zero-order chi connectivity index (χ0) is 23.7. The van der Waals surface area contributed by atoms with E-state index in [0.29, 0.717) is 12.5 Å². The molecule has 5 nitrogen and oxygen atoms in total. The molecular weight excluding hydrogens is 398 g/mol. The maximum Gasteiger partial charge on any atom is 0.261 e. The molecule has 0 aromatic heterocycles. The molecule has 2 aliphatic rings. The number of Topliss-reactive ketones (excluding diaryl/α,β-unsaturated/α-hetero) is 1. The van der Waals surface area contributed by atoms with Gasteiger partial charge in [-0.15, -0.1) is 0 Å². The van der Waals surface area contributed by atoms with E-state index in [9.17, 15) is 9.59 Å². The van der Waals surface area contributed by atoms with Crippen LogP contribution < -0.4 is 5.32 Å². The Kier molecular flexibility index (Phi) is 7.39. The second kappa shape index (κ2) is 9.70. The molecule has 174 valence electrons. The molecule has 0 spiro atoms. The molecule has 1 N–H and O–H groups in total. The van der Waals surface area contributed by atoms with Crippen LogP contribution in [0.15, 0.2) is 16.3 Å². The molecule has 32 heavy (non-hydrogen) atoms. The van der Waals surface area contributed by atoms with Crippen LogP contribution in [0.25, 0.3) is 0 Å². The molecule has 2 aliphatic heterocycles. The lowest BCUT2D eigenvalue weighted by Crippen LogP contribution is -2.35. The molecule has 5 heteroatoms. The lowest BCUT2D eigenvalue weighted by molar-refractivity contribution is -0.121. The van der Waals surface area contributed by atoms with Crippen molar-refractivity contribution in [2.75, 3.05) is 6.54 Å². The Morgan fingerprint density at radius 1 is 1.09 bits per heavy atom. The predicted molar refractivity (Wildman–Crippen MR) is 132 cm³/mol. The predicted octanol–water partition coefficient (Wildman–Crippen LogP) is 5.36. The molecule has 0 aliphatic carbocycles. The molecule has 2 heterocycles. The number of amides is 1. The van der Waals surface area contributed by atoms with Crippen LogP contribution in [0.2, 0.25) is 0 Å². The van der Waals surface area contributed by atoms with Crippen molar-refractivity contribution in [2.45, 2.75) is 93.2 Å². The fraction of sp³-hybridized carbons (Fsp3) is 0.593. The molecule has 3 rings (SSSR count). The zero-order valence-corrected chi connectivity index (χ0v) is 21.1. The number of benzene rings is 1. The summed E-state index contributed by atoms with van der Waals surface area (Å²) < 4.78 is 0. The van der Waals surface area contributed by atoms with Crippen LogP contribution in [0.1, 0.15) is 86.5 Å². The lowest BCUT2D eigenvalue weighted by atomic mass is 9.89. The molecular formula is C27H39N3O2. The Morgan fingerprint density at radius 2 is 1.78 bits per heavy atom. The number of allylic oxidation sites excluding steroid dienone is 1. The SMILES string of the molecule is CC1=C(CCC(=O)C(C)C)C[C@H]2C=Nc3c(C)c(CCNC(C)C)c(C)c(C)c3C(=O)N12. The van der Waals surface area contributed by atoms with E-state index in [4.69, 9.17) is 4.99 Å². The van der Waals surface area contributed by atoms with Gasteiger partial charge in [0.05, 0.1) is 17.3 Å². The first-order valence-electron chi connectivity index (χ1n) is 12.0. The highest BCUT2D eigenvalue weighted by Crippen LogP contribution is 2.40. The maximum atomic E-state index is 13.8. The van der Waals surface area contributed by atoms with E-state index in [0.717, 1.165) is 53.9 Å². The highest BCUT2D eigenvalue weighted by atomic mass is 16.2. The van der Waals surface area contributed by atoms with Crippen LogP contribution in [0.3, 0.4) is 0 Å². The molecule has 0 saturated heterocycles. The fourth-order valence-electron chi connectivity index (χ4n) is 4.95. The number of carbonyl (C=O) groups excluding carboxylic acids is 2. The van der Waals surface area contributed by atoms with Gasteiger partial charge in [-0.1, -0.05) is 27.7 Å². The Bertz CT molecular complexity index is 985. The van der Waals surface area contributed by atoms with E-state index in [-0.39, 0.29) is 23.7 Å². The minimum atomic E-state index is -0.0655. The largest absolute Gasteiger partial charge is 0.314 e. The third-order valence-electron chi connectivity index (χ3n) is 7.15. The summed E-state index contributed by atoms with van der Waals surface area (Å²) in [6.07, 6.45) is 4.90. The molecule has 1 aromatic rings. The zero-order valence-electron chi connectivity index (χ0n) is 21.1. The number of ketones is 1. The average Bonchev–Trinajstić information content (AvgIpc) is 2.96. The molecule has 0 bridgehead atoms. The second-order valence-corrected chi connectivity index (χ2v) is 9.97. The monoisotopic (exact) mass is 437 g/mol. The van der Waals surface area contributed by atoms with Crippen LogP contribution >= 0.6 is 0 Å². The Morgan fingerprint density at radius 3 is 2.41 bits per heavy atom. The summed E-state index contributed by atoms with van der Waals surface area (Å²) in [6.45, 7) is 17.4. The van der Waals surface area contributed by atoms with Gasteiger partial charge in [0.1, 0.15) is 5.78 Å². The van der Waals surface area contributed by atoms with E-state index in [1.54, 1.807) is 0 Å². The van der Waals surface area contributed by atoms with Crippen molar-refractivity contribution in [1.29, 1.82) is 0 Å². The molecule has 0 radical (unpaired) electrons. The van der Waals surface area contributed by atoms with Crippen molar-refractivity contribution in [3.05, 3.63) is 39.1 Å². The molecule has 1 aromatic carbocycles. The van der Waals surface area contributed by atoms with Crippen LogP contribution in [0, 0.1) is 26.7 Å². The first kappa shape index (κ1) is 24.4. The quantitative estimate of drug-likeness (QED) is 0.595. The van der Waals surface area contributed by atoms with Gasteiger partial charge in [0.2, 0.25) is 0 Å². The summed E-state index contributed by atoms with van der Waals surface area (Å²) in [4.78, 5) is 32.7. The maximum absolute atomic E-state index is 13.8. The number of nitrogens with one attached hydrogen (secondary N) is 1. The highest BCUT2D eigenvalue weighted by Gasteiger charge is 2.37. The molecule has 0 fully saturated rings. The van der Waals surface area contributed by atoms with Gasteiger partial charge in [0, 0.05) is 30.3 Å². The Labute approximate surface area is 193 Å². The summed E-state index contributed by atoms with van der Waals surface area (Å²) in [5, 5.41) is 3.50. The van der Waals surface area contributed by atoms with E-state index in [1.165, 1.54) is 16.7 Å². The van der Waals surface area contributed by atoms with E-state index < -0.39 is 0 Å². The number of hydrogen-bond donors (Lipinski definition) is 1. The van der Waals surface area contributed by atoms with Crippen LogP contribution in [-0.2, 0) is 11.2 Å². The van der Waals surface area contributed by atoms with E-state index >= 15 is 0 Å². The van der Waals surface area contributed by atoms with E-state index in [2.05, 4.69) is 39.9 Å². The number of hydrogen-bond acceptors (Lipinski definition) is 4. The van der Waals surface area contributed by atoms with Gasteiger partial charge in [0.15, 0.2) is 0 Å². The summed E-state index contributed by atoms with van der Waals surface area (Å²) in [7, 11) is 0. The highest BCUT2D eigenvalue weighted by molar-refractivity contribution is 6.06. The summed E-state index contributed by atoms with van der Waals surface area (Å²) >= 11 is 0. The molecule has 0 saturated carbocycles. The van der Waals surface area contributed by atoms with Gasteiger partial charge < -0.3 is 10.2 Å². The Hall–Kier alpha value is -2.27. The smallest absolute Gasteiger partial charge is 0.261 e. The van der Waals surface area contributed by atoms with Gasteiger partial charge in [-0.2, -0.15) is 0 Å². The standard InChI is InChI=1S/C27H39N3O2/c1-15(2)24(31)10-9-21-13-22-14-29-26-19(7)23(11-12-28-16(3)4)17(5)18(6)25(26)27(32)30(22)20(21)8/h14-16,22,28H,9-13H2,1-8H3/t22-/m0/s1. The van der Waals surface area contributed by atoms with E-state index in [1.807, 2.05) is 31.9 Å². The molecule has 1 amide bonds. The van der Waals surface area contributed by atoms with Crippen LogP contribution in [0.5, 0.6) is 0 Å². The second-order valence-electron chi connectivity index (χ2n) is 9.97. The fourth-order valence-corrected chi connectivity index (χ4v) is 4.95. The third-order valence-corrected chi connectivity index (χ3v) is 7.15. The minimum absolute atomic E-state index is 0.0424. The first-order chi connectivity index (χ1) is 15.0. The summed E-state index contributed by atoms with van der Waals surface area (Å²) in [5.74, 6) is 0.372. The minimum Gasteiger partial charge on any atom is -0.314 e. The topological polar surface area (TPSA) is 61.8 Å². The number of carbonyl (C=O) groups is 2. The van der Waals surface area contributed by atoms with Crippen molar-refractivity contribution in [2.24, 2.45) is 10.9 Å². The summed E-state index contributed by atoms with van der Waals surface area (Å²) in [5.41, 5.74) is 8.40. The van der Waals surface area contributed by atoms with Crippen molar-refractivity contribution < 1.29 is 9.59 Å². The first-order valence-corrected chi connectivity index (χ1v) is 12.0. The third kappa shape index (κ3) is 4.59. The molecule has 1 atom stereocenters. The number of nitrogens with zero attached hydrogens (tertiary/aromatic N) is 2. The van der Waals surface area contributed by atoms with Crippen molar-refractivity contribution in [3.63, 3.8) is 0 Å². The number of fused-ring (bicyclic) bond motifs is 2. The van der Waals surface area contributed by atoms with Crippen LogP contribution in [0.4, 0.5) is 5.69 Å². The van der Waals surface area contributed by atoms with Gasteiger partial charge in [-0.25, -0.2) is 0 Å². The number of rotatable bonds is 8. The van der Waals surface area contributed by atoms with Gasteiger partial charge in [0.25, 0.3) is 5.91 Å². The van der Waals surface area contributed by atoms with Crippen LogP contribution in [-0.4, -0.2) is 41.4 Å². The lowest BCUT2D eigenvalue weighted by Gasteiger charge is -2.25. The number of aliphatic imine (C=N–C) groups is 1. The van der Waals surface area contributed by atoms with Crippen molar-refractivity contribution >= 4 is 23.6 Å². The Balaban J connectivity index is 1.94. The van der Waals surface area contributed by atoms with Gasteiger partial charge >= 0.3 is 0 Å². The van der Waals surface area contributed by atoms with Gasteiger partial charge in [-0.05, 0) is 81.3 Å². The normalized spacial score (nSPS) is 18.0. The average molecular weight is 438 g/mol.